The number of carbonyl (C=O) groups excluding carboxylic acids is 1. The van der Waals surface area contributed by atoms with Gasteiger partial charge in [-0.15, -0.1) is 0 Å². The molecular weight excluding hydrogens is 278 g/mol. The molecule has 0 amide bonds. The smallest absolute Gasteiger partial charge is 0.338 e. The van der Waals surface area contributed by atoms with E-state index in [1.54, 1.807) is 18.2 Å². The maximum atomic E-state index is 12.0. The molecule has 7 nitrogen and oxygen atoms in total. The average Bonchev–Trinajstić information content (AvgIpc) is 2.51. The minimum Gasteiger partial charge on any atom is -0.453 e. The molecule has 6 unspecified atom stereocenters. The number of carbonyl (C=O) groups is 1. The number of benzene rings is 1. The van der Waals surface area contributed by atoms with Crippen LogP contribution in [0.3, 0.4) is 0 Å². The molecule has 0 heterocycles. The Hall–Kier alpha value is -1.83. The van der Waals surface area contributed by atoms with Crippen molar-refractivity contribution in [3.05, 3.63) is 40.8 Å². The van der Waals surface area contributed by atoms with E-state index < -0.39 is 42.3 Å². The maximum absolute atomic E-state index is 12.0. The number of hydrogen-bond donors (Lipinski definition) is 3. The third-order valence-electron chi connectivity index (χ3n) is 3.82. The third kappa shape index (κ3) is 2.94. The average molecular weight is 295 g/mol. The first kappa shape index (κ1) is 15.6. The molecule has 7 heteroatoms. The normalized spacial score (nSPS) is 36.0. The Labute approximate surface area is 121 Å². The van der Waals surface area contributed by atoms with Crippen LogP contribution in [0.15, 0.2) is 35.5 Å². The van der Waals surface area contributed by atoms with Crippen LogP contribution in [0, 0.1) is 10.8 Å². The summed E-state index contributed by atoms with van der Waals surface area (Å²) < 4.78 is 5.13. The van der Waals surface area contributed by atoms with E-state index in [9.17, 15) is 25.0 Å². The summed E-state index contributed by atoms with van der Waals surface area (Å²) in [6.07, 6.45) is -5.40. The lowest BCUT2D eigenvalue weighted by atomic mass is 9.78. The van der Waals surface area contributed by atoms with Crippen LogP contribution in [-0.4, -0.2) is 51.7 Å². The van der Waals surface area contributed by atoms with Crippen molar-refractivity contribution in [3.63, 3.8) is 0 Å². The zero-order valence-corrected chi connectivity index (χ0v) is 11.4. The Morgan fingerprint density at radius 3 is 2.29 bits per heavy atom. The van der Waals surface area contributed by atoms with E-state index in [-0.39, 0.29) is 5.56 Å². The number of hydrogen-bond acceptors (Lipinski definition) is 7. The Morgan fingerprint density at radius 2 is 1.71 bits per heavy atom. The molecule has 6 atom stereocenters. The molecule has 1 saturated carbocycles. The molecule has 114 valence electrons. The van der Waals surface area contributed by atoms with Crippen LogP contribution >= 0.6 is 0 Å². The molecule has 0 aromatic heterocycles. The quantitative estimate of drug-likeness (QED) is 0.537. The van der Waals surface area contributed by atoms with E-state index in [2.05, 4.69) is 5.18 Å². The standard InChI is InChI=1S/C14H17NO6/c1-7-10(16)12(18)9(15-20)13(11(7)17)21-14(19)8-5-3-2-4-6-8/h2-7,9-13,16-18H,1H3. The molecule has 0 saturated heterocycles. The lowest BCUT2D eigenvalue weighted by Gasteiger charge is -2.41. The summed E-state index contributed by atoms with van der Waals surface area (Å²) in [4.78, 5) is 22.9. The number of esters is 1. The van der Waals surface area contributed by atoms with E-state index in [4.69, 9.17) is 4.74 Å². The van der Waals surface area contributed by atoms with Gasteiger partial charge in [0, 0.05) is 5.92 Å². The molecule has 1 aliphatic carbocycles. The van der Waals surface area contributed by atoms with Gasteiger partial charge in [0.25, 0.3) is 0 Å². The van der Waals surface area contributed by atoms with E-state index in [0.717, 1.165) is 0 Å². The molecule has 0 spiro atoms. The molecule has 0 bridgehead atoms. The van der Waals surface area contributed by atoms with Gasteiger partial charge >= 0.3 is 5.97 Å². The summed E-state index contributed by atoms with van der Waals surface area (Å²) in [5, 5.41) is 32.3. The van der Waals surface area contributed by atoms with Gasteiger partial charge in [0.05, 0.1) is 17.8 Å². The van der Waals surface area contributed by atoms with Crippen LogP contribution in [0.5, 0.6) is 0 Å². The minimum atomic E-state index is -1.49. The van der Waals surface area contributed by atoms with Gasteiger partial charge in [-0.3, -0.25) is 0 Å². The van der Waals surface area contributed by atoms with Crippen molar-refractivity contribution in [3.8, 4) is 0 Å². The summed E-state index contributed by atoms with van der Waals surface area (Å²) in [6.45, 7) is 1.49. The van der Waals surface area contributed by atoms with Gasteiger partial charge in [-0.25, -0.2) is 4.79 Å². The fourth-order valence-corrected chi connectivity index (χ4v) is 2.44. The van der Waals surface area contributed by atoms with Crippen LogP contribution in [0.2, 0.25) is 0 Å². The second-order valence-electron chi connectivity index (χ2n) is 5.16. The molecule has 0 radical (unpaired) electrons. The van der Waals surface area contributed by atoms with E-state index in [1.165, 1.54) is 19.1 Å². The zero-order valence-electron chi connectivity index (χ0n) is 11.4. The molecule has 2 rings (SSSR count). The molecule has 21 heavy (non-hydrogen) atoms. The van der Waals surface area contributed by atoms with Gasteiger partial charge in [-0.05, 0) is 12.1 Å². The number of nitroso groups, excluding NO2 is 1. The van der Waals surface area contributed by atoms with E-state index in [1.807, 2.05) is 0 Å². The van der Waals surface area contributed by atoms with Crippen LogP contribution < -0.4 is 0 Å². The highest BCUT2D eigenvalue weighted by Gasteiger charge is 2.50. The van der Waals surface area contributed by atoms with Crippen molar-refractivity contribution in [1.82, 2.24) is 0 Å². The second kappa shape index (κ2) is 6.30. The zero-order chi connectivity index (χ0) is 15.6. The largest absolute Gasteiger partial charge is 0.453 e. The second-order valence-corrected chi connectivity index (χ2v) is 5.16. The molecular formula is C14H17NO6. The van der Waals surface area contributed by atoms with E-state index in [0.29, 0.717) is 0 Å². The molecule has 1 fully saturated rings. The molecule has 0 aliphatic heterocycles. The van der Waals surface area contributed by atoms with Gasteiger partial charge in [0.15, 0.2) is 12.1 Å². The SMILES string of the molecule is CC1C(O)C(O)C(N=O)C(OC(=O)c2ccccc2)C1O. The summed E-state index contributed by atoms with van der Waals surface area (Å²) in [6, 6.07) is 6.64. The lowest BCUT2D eigenvalue weighted by Crippen LogP contribution is -2.60. The highest BCUT2D eigenvalue weighted by Crippen LogP contribution is 2.30. The monoisotopic (exact) mass is 295 g/mol. The fraction of sp³-hybridized carbons (Fsp3) is 0.500. The Bertz CT molecular complexity index is 507. The van der Waals surface area contributed by atoms with Crippen LogP contribution in [-0.2, 0) is 4.74 Å². The number of rotatable bonds is 3. The summed E-state index contributed by atoms with van der Waals surface area (Å²) in [5.74, 6) is -1.49. The maximum Gasteiger partial charge on any atom is 0.338 e. The molecule has 1 aliphatic rings. The summed E-state index contributed by atoms with van der Waals surface area (Å²) in [7, 11) is 0. The van der Waals surface area contributed by atoms with Crippen LogP contribution in [0.1, 0.15) is 17.3 Å². The number of aliphatic hydroxyl groups excluding tert-OH is 3. The first-order valence-electron chi connectivity index (χ1n) is 6.60. The van der Waals surface area contributed by atoms with E-state index >= 15 is 0 Å². The number of ether oxygens (including phenoxy) is 1. The number of nitrogens with zero attached hydrogens (tertiary/aromatic N) is 1. The van der Waals surface area contributed by atoms with Crippen molar-refractivity contribution in [1.29, 1.82) is 0 Å². The highest BCUT2D eigenvalue weighted by molar-refractivity contribution is 5.89. The van der Waals surface area contributed by atoms with Crippen LogP contribution in [0.4, 0.5) is 0 Å². The topological polar surface area (TPSA) is 116 Å². The highest BCUT2D eigenvalue weighted by atomic mass is 16.6. The Balaban J connectivity index is 2.20. The summed E-state index contributed by atoms with van der Waals surface area (Å²) >= 11 is 0. The minimum absolute atomic E-state index is 0.252. The first-order chi connectivity index (χ1) is 9.97. The molecule has 3 N–H and O–H groups in total. The first-order valence-corrected chi connectivity index (χ1v) is 6.60. The fourth-order valence-electron chi connectivity index (χ4n) is 2.44. The van der Waals surface area contributed by atoms with Crippen molar-refractivity contribution >= 4 is 5.97 Å². The van der Waals surface area contributed by atoms with Gasteiger partial charge in [0.1, 0.15) is 6.10 Å². The molecule has 1 aromatic rings. The lowest BCUT2D eigenvalue weighted by molar-refractivity contribution is -0.153. The Kier molecular flexibility index (Phi) is 4.66. The Morgan fingerprint density at radius 1 is 1.10 bits per heavy atom. The summed E-state index contributed by atoms with van der Waals surface area (Å²) in [5.41, 5.74) is 0.252. The van der Waals surface area contributed by atoms with Gasteiger partial charge in [-0.1, -0.05) is 30.3 Å². The van der Waals surface area contributed by atoms with Gasteiger partial charge in [0.2, 0.25) is 0 Å². The van der Waals surface area contributed by atoms with Crippen molar-refractivity contribution in [2.24, 2.45) is 11.1 Å². The van der Waals surface area contributed by atoms with Crippen molar-refractivity contribution in [2.75, 3.05) is 0 Å². The van der Waals surface area contributed by atoms with Crippen molar-refractivity contribution in [2.45, 2.75) is 37.4 Å². The van der Waals surface area contributed by atoms with Crippen molar-refractivity contribution < 1.29 is 24.9 Å². The third-order valence-corrected chi connectivity index (χ3v) is 3.82. The molecule has 1 aromatic carbocycles. The van der Waals surface area contributed by atoms with Gasteiger partial charge < -0.3 is 20.1 Å². The number of aliphatic hydroxyl groups is 3. The van der Waals surface area contributed by atoms with Crippen LogP contribution in [0.25, 0.3) is 0 Å². The van der Waals surface area contributed by atoms with Gasteiger partial charge in [-0.2, -0.15) is 4.91 Å². The predicted octanol–water partition coefficient (Wildman–Crippen LogP) is 0.0794. The predicted molar refractivity (Wildman–Crippen MR) is 72.4 cm³/mol.